The van der Waals surface area contributed by atoms with Gasteiger partial charge in [-0.15, -0.1) is 11.8 Å². The van der Waals surface area contributed by atoms with E-state index in [1.807, 2.05) is 6.92 Å². The summed E-state index contributed by atoms with van der Waals surface area (Å²) >= 11 is 1.56. The lowest BCUT2D eigenvalue weighted by Gasteiger charge is -2.21. The summed E-state index contributed by atoms with van der Waals surface area (Å²) in [6, 6.07) is 5.11. The van der Waals surface area contributed by atoms with E-state index in [0.29, 0.717) is 6.54 Å². The standard InChI is InChI=1S/C12H13F2NO3S2/c1-8-15(6-7-19-8)11(16)9-4-2-3-5-10(9)20(17,18)12(13)14/h2-5,8,12H,6-7H2,1H3. The van der Waals surface area contributed by atoms with E-state index < -0.39 is 26.4 Å². The molecule has 2 rings (SSSR count). The number of halogens is 2. The van der Waals surface area contributed by atoms with Crippen molar-refractivity contribution < 1.29 is 22.0 Å². The molecule has 0 aromatic heterocycles. The molecule has 20 heavy (non-hydrogen) atoms. The molecule has 1 aliphatic rings. The van der Waals surface area contributed by atoms with Crippen LogP contribution in [0.4, 0.5) is 8.78 Å². The van der Waals surface area contributed by atoms with E-state index in [0.717, 1.165) is 11.8 Å². The number of carbonyl (C=O) groups excluding carboxylic acids is 1. The highest BCUT2D eigenvalue weighted by Gasteiger charge is 2.34. The Hall–Kier alpha value is -1.15. The molecule has 0 radical (unpaired) electrons. The minimum Gasteiger partial charge on any atom is -0.326 e. The van der Waals surface area contributed by atoms with Crippen molar-refractivity contribution in [2.24, 2.45) is 0 Å². The fraction of sp³-hybridized carbons (Fsp3) is 0.417. The van der Waals surface area contributed by atoms with Gasteiger partial charge in [0.1, 0.15) is 0 Å². The summed E-state index contributed by atoms with van der Waals surface area (Å²) < 4.78 is 48.6. The molecule has 0 aliphatic carbocycles. The van der Waals surface area contributed by atoms with Crippen molar-refractivity contribution in [3.05, 3.63) is 29.8 Å². The number of benzene rings is 1. The van der Waals surface area contributed by atoms with Gasteiger partial charge >= 0.3 is 5.76 Å². The summed E-state index contributed by atoms with van der Waals surface area (Å²) in [5, 5.41) is -0.0928. The molecule has 0 spiro atoms. The van der Waals surface area contributed by atoms with Crippen LogP contribution in [0.15, 0.2) is 29.2 Å². The Kier molecular flexibility index (Phi) is 4.33. The average molecular weight is 321 g/mol. The maximum atomic E-state index is 12.7. The number of hydrogen-bond acceptors (Lipinski definition) is 4. The van der Waals surface area contributed by atoms with Crippen LogP contribution in [0.25, 0.3) is 0 Å². The topological polar surface area (TPSA) is 54.5 Å². The molecule has 4 nitrogen and oxygen atoms in total. The van der Waals surface area contributed by atoms with E-state index in [1.165, 1.54) is 23.1 Å². The molecule has 110 valence electrons. The summed E-state index contributed by atoms with van der Waals surface area (Å²) in [7, 11) is -4.79. The van der Waals surface area contributed by atoms with Crippen molar-refractivity contribution in [1.29, 1.82) is 0 Å². The van der Waals surface area contributed by atoms with Crippen LogP contribution in [0.1, 0.15) is 17.3 Å². The van der Waals surface area contributed by atoms with Crippen molar-refractivity contribution in [2.45, 2.75) is 23.0 Å². The van der Waals surface area contributed by atoms with Gasteiger partial charge in [0.25, 0.3) is 5.91 Å². The zero-order valence-corrected chi connectivity index (χ0v) is 12.3. The molecule has 1 saturated heterocycles. The predicted molar refractivity (Wildman–Crippen MR) is 72.6 cm³/mol. The lowest BCUT2D eigenvalue weighted by atomic mass is 10.2. The number of thioether (sulfide) groups is 1. The normalized spacial score (nSPS) is 19.6. The van der Waals surface area contributed by atoms with Gasteiger partial charge in [-0.25, -0.2) is 8.42 Å². The van der Waals surface area contributed by atoms with Crippen molar-refractivity contribution >= 4 is 27.5 Å². The molecular formula is C12H13F2NO3S2. The van der Waals surface area contributed by atoms with Crippen molar-refractivity contribution in [3.8, 4) is 0 Å². The van der Waals surface area contributed by atoms with Crippen molar-refractivity contribution in [1.82, 2.24) is 4.90 Å². The summed E-state index contributed by atoms with van der Waals surface area (Å²) in [5.41, 5.74) is -0.192. The summed E-state index contributed by atoms with van der Waals surface area (Å²) in [4.78, 5) is 13.2. The highest BCUT2D eigenvalue weighted by molar-refractivity contribution is 8.00. The maximum absolute atomic E-state index is 12.7. The molecule has 1 aliphatic heterocycles. The summed E-state index contributed by atoms with van der Waals surface area (Å²) in [6.45, 7) is 2.30. The number of rotatable bonds is 3. The molecule has 0 saturated carbocycles. The van der Waals surface area contributed by atoms with Gasteiger partial charge in [0.05, 0.1) is 15.8 Å². The Morgan fingerprint density at radius 1 is 1.40 bits per heavy atom. The van der Waals surface area contributed by atoms with Crippen molar-refractivity contribution in [2.75, 3.05) is 12.3 Å². The molecule has 1 atom stereocenters. The minimum absolute atomic E-state index is 0.0928. The van der Waals surface area contributed by atoms with Gasteiger partial charge in [-0.3, -0.25) is 4.79 Å². The lowest BCUT2D eigenvalue weighted by molar-refractivity contribution is 0.0764. The second-order valence-corrected chi connectivity index (χ2v) is 7.58. The third kappa shape index (κ3) is 2.67. The SMILES string of the molecule is CC1SCCN1C(=O)c1ccccc1S(=O)(=O)C(F)F. The van der Waals surface area contributed by atoms with E-state index >= 15 is 0 Å². The van der Waals surface area contributed by atoms with Crippen molar-refractivity contribution in [3.63, 3.8) is 0 Å². The number of sulfone groups is 1. The number of nitrogens with zero attached hydrogens (tertiary/aromatic N) is 1. The Morgan fingerprint density at radius 2 is 2.05 bits per heavy atom. The monoisotopic (exact) mass is 321 g/mol. The molecule has 1 unspecified atom stereocenters. The second kappa shape index (κ2) is 5.69. The number of alkyl halides is 2. The predicted octanol–water partition coefficient (Wildman–Crippen LogP) is 2.22. The van der Waals surface area contributed by atoms with E-state index in [-0.39, 0.29) is 10.9 Å². The van der Waals surface area contributed by atoms with Crippen LogP contribution >= 0.6 is 11.8 Å². The Bertz CT molecular complexity index is 619. The van der Waals surface area contributed by atoms with Crippen LogP contribution in [-0.2, 0) is 9.84 Å². The molecule has 1 amide bonds. The Labute approximate surface area is 120 Å². The second-order valence-electron chi connectivity index (χ2n) is 4.27. The van der Waals surface area contributed by atoms with Crippen LogP contribution in [0.5, 0.6) is 0 Å². The Morgan fingerprint density at radius 3 is 2.60 bits per heavy atom. The van der Waals surface area contributed by atoms with E-state index in [4.69, 9.17) is 0 Å². The quantitative estimate of drug-likeness (QED) is 0.856. The smallest absolute Gasteiger partial charge is 0.326 e. The van der Waals surface area contributed by atoms with Crippen LogP contribution < -0.4 is 0 Å². The summed E-state index contributed by atoms with van der Waals surface area (Å²) in [6.07, 6.45) is 0. The molecule has 1 aromatic rings. The molecular weight excluding hydrogens is 308 g/mol. The molecule has 1 heterocycles. The molecule has 0 N–H and O–H groups in total. The fourth-order valence-electron chi connectivity index (χ4n) is 2.00. The molecule has 1 fully saturated rings. The van der Waals surface area contributed by atoms with E-state index in [9.17, 15) is 22.0 Å². The first kappa shape index (κ1) is 15.2. The highest BCUT2D eigenvalue weighted by Crippen LogP contribution is 2.28. The first-order valence-corrected chi connectivity index (χ1v) is 8.49. The van der Waals surface area contributed by atoms with Gasteiger partial charge in [0.2, 0.25) is 9.84 Å². The van der Waals surface area contributed by atoms with Gasteiger partial charge in [0.15, 0.2) is 0 Å². The largest absolute Gasteiger partial charge is 0.341 e. The average Bonchev–Trinajstić information content (AvgIpc) is 2.84. The zero-order valence-electron chi connectivity index (χ0n) is 10.6. The van der Waals surface area contributed by atoms with Crippen LogP contribution in [0.2, 0.25) is 0 Å². The van der Waals surface area contributed by atoms with Gasteiger partial charge in [0, 0.05) is 12.3 Å². The first-order chi connectivity index (χ1) is 9.35. The third-order valence-corrected chi connectivity index (χ3v) is 5.64. The van der Waals surface area contributed by atoms with Gasteiger partial charge < -0.3 is 4.90 Å². The lowest BCUT2D eigenvalue weighted by Crippen LogP contribution is -2.34. The summed E-state index contributed by atoms with van der Waals surface area (Å²) in [5.74, 6) is -3.32. The van der Waals surface area contributed by atoms with Gasteiger partial charge in [-0.1, -0.05) is 12.1 Å². The van der Waals surface area contributed by atoms with Gasteiger partial charge in [-0.2, -0.15) is 8.78 Å². The number of hydrogen-bond donors (Lipinski definition) is 0. The third-order valence-electron chi connectivity index (χ3n) is 3.05. The zero-order chi connectivity index (χ0) is 14.9. The van der Waals surface area contributed by atoms with E-state index in [2.05, 4.69) is 0 Å². The number of carbonyl (C=O) groups is 1. The molecule has 0 bridgehead atoms. The van der Waals surface area contributed by atoms with E-state index in [1.54, 1.807) is 11.8 Å². The maximum Gasteiger partial charge on any atom is 0.341 e. The van der Waals surface area contributed by atoms with Crippen LogP contribution in [0.3, 0.4) is 0 Å². The minimum atomic E-state index is -4.79. The first-order valence-electron chi connectivity index (χ1n) is 5.89. The highest BCUT2D eigenvalue weighted by atomic mass is 32.2. The number of amides is 1. The molecule has 8 heteroatoms. The fourth-order valence-corrected chi connectivity index (χ4v) is 3.95. The van der Waals surface area contributed by atoms with Gasteiger partial charge in [-0.05, 0) is 19.1 Å². The van der Waals surface area contributed by atoms with Crippen LogP contribution in [0, 0.1) is 0 Å². The van der Waals surface area contributed by atoms with Crippen LogP contribution in [-0.4, -0.2) is 42.7 Å². The molecule has 1 aromatic carbocycles. The Balaban J connectivity index is 2.46.